The summed E-state index contributed by atoms with van der Waals surface area (Å²) in [6, 6.07) is 0. The summed E-state index contributed by atoms with van der Waals surface area (Å²) in [6.07, 6.45) is 40.0. The summed E-state index contributed by atoms with van der Waals surface area (Å²) in [4.78, 5) is 34.7. The van der Waals surface area contributed by atoms with Crippen LogP contribution in [0.1, 0.15) is 162 Å². The minimum absolute atomic E-state index is 0.0457. The summed E-state index contributed by atoms with van der Waals surface area (Å²) in [5, 5.41) is 0. The average molecular weight is 726 g/mol. The third-order valence-electron chi connectivity index (χ3n) is 7.97. The summed E-state index contributed by atoms with van der Waals surface area (Å²) < 4.78 is 32.6. The largest absolute Gasteiger partial charge is 0.472 e. The molecule has 9 nitrogen and oxygen atoms in total. The molecule has 0 saturated heterocycles. The Morgan fingerprint density at radius 2 is 1.06 bits per heavy atom. The maximum atomic E-state index is 12.5. The number of hydrogen-bond donors (Lipinski definition) is 2. The molecule has 0 aromatic carbocycles. The second kappa shape index (κ2) is 36.8. The van der Waals surface area contributed by atoms with Crippen molar-refractivity contribution in [2.75, 3.05) is 26.4 Å². The quantitative estimate of drug-likeness (QED) is 0.0280. The van der Waals surface area contributed by atoms with Gasteiger partial charge >= 0.3 is 19.8 Å². The fourth-order valence-electron chi connectivity index (χ4n) is 5.04. The van der Waals surface area contributed by atoms with E-state index in [0.717, 1.165) is 44.9 Å². The van der Waals surface area contributed by atoms with Crippen LogP contribution in [-0.2, 0) is 32.7 Å². The lowest BCUT2D eigenvalue weighted by Crippen LogP contribution is -2.29. The van der Waals surface area contributed by atoms with Crippen LogP contribution in [0.4, 0.5) is 0 Å². The van der Waals surface area contributed by atoms with Crippen molar-refractivity contribution in [2.24, 2.45) is 5.73 Å². The Morgan fingerprint density at radius 1 is 0.600 bits per heavy atom. The van der Waals surface area contributed by atoms with Gasteiger partial charge in [0.2, 0.25) is 0 Å². The standard InChI is InChI=1S/C40H72NO8P/c1-3-5-7-9-11-13-15-17-18-19-20-21-23-24-26-28-30-32-39(42)46-36-38(37-48-50(44,45)47-35-34-41)49-40(43)33-31-29-27-25-22-16-14-12-10-8-6-4-2/h11,13,17-18,20-21,24,26,38H,3-10,12,14-16,19,22-23,25,27-37,41H2,1-2H3,(H,44,45). The van der Waals surface area contributed by atoms with Crippen LogP contribution in [0.2, 0.25) is 0 Å². The number of phosphoric ester groups is 1. The average Bonchev–Trinajstić information content (AvgIpc) is 3.10. The van der Waals surface area contributed by atoms with Gasteiger partial charge in [0.15, 0.2) is 6.10 Å². The number of unbranched alkanes of at least 4 members (excludes halogenated alkanes) is 15. The van der Waals surface area contributed by atoms with Crippen LogP contribution < -0.4 is 5.73 Å². The van der Waals surface area contributed by atoms with E-state index in [1.807, 2.05) is 6.08 Å². The van der Waals surface area contributed by atoms with Crippen molar-refractivity contribution in [2.45, 2.75) is 168 Å². The molecule has 10 heteroatoms. The molecule has 0 heterocycles. The molecule has 0 aliphatic carbocycles. The number of hydrogen-bond acceptors (Lipinski definition) is 8. The van der Waals surface area contributed by atoms with Gasteiger partial charge in [-0.3, -0.25) is 18.6 Å². The molecule has 0 spiro atoms. The summed E-state index contributed by atoms with van der Waals surface area (Å²) in [7, 11) is -4.38. The highest BCUT2D eigenvalue weighted by molar-refractivity contribution is 7.47. The van der Waals surface area contributed by atoms with Crippen molar-refractivity contribution in [3.8, 4) is 0 Å². The number of nitrogens with two attached hydrogens (primary N) is 1. The second-order valence-corrected chi connectivity index (χ2v) is 14.3. The lowest BCUT2D eigenvalue weighted by Gasteiger charge is -2.19. The van der Waals surface area contributed by atoms with Crippen LogP contribution in [0.15, 0.2) is 48.6 Å². The predicted molar refractivity (Wildman–Crippen MR) is 206 cm³/mol. The zero-order valence-electron chi connectivity index (χ0n) is 31.6. The second-order valence-electron chi connectivity index (χ2n) is 12.8. The highest BCUT2D eigenvalue weighted by Crippen LogP contribution is 2.43. The fraction of sp³-hybridized carbons (Fsp3) is 0.750. The molecule has 0 aliphatic rings. The van der Waals surface area contributed by atoms with Gasteiger partial charge in [0.25, 0.3) is 0 Å². The maximum absolute atomic E-state index is 12.5. The SMILES string of the molecule is CCCCCC=CCC=CCC=CCC=CCCCC(=O)OCC(COP(=O)(O)OCCN)OC(=O)CCCCCCCCCCCCCC. The normalized spacial score (nSPS) is 13.9. The molecule has 0 bridgehead atoms. The third kappa shape index (κ3) is 35.8. The molecule has 50 heavy (non-hydrogen) atoms. The van der Waals surface area contributed by atoms with E-state index in [2.05, 4.69) is 56.4 Å². The molecule has 290 valence electrons. The van der Waals surface area contributed by atoms with Crippen LogP contribution in [-0.4, -0.2) is 49.3 Å². The first kappa shape index (κ1) is 48.0. The van der Waals surface area contributed by atoms with E-state index < -0.39 is 32.5 Å². The van der Waals surface area contributed by atoms with E-state index in [-0.39, 0.29) is 32.6 Å². The zero-order chi connectivity index (χ0) is 36.8. The highest BCUT2D eigenvalue weighted by atomic mass is 31.2. The lowest BCUT2D eigenvalue weighted by atomic mass is 10.0. The molecule has 0 aliphatic heterocycles. The smallest absolute Gasteiger partial charge is 0.462 e. The number of phosphoric acid groups is 1. The summed E-state index contributed by atoms with van der Waals surface area (Å²) in [5.41, 5.74) is 5.33. The Bertz CT molecular complexity index is 965. The van der Waals surface area contributed by atoms with E-state index >= 15 is 0 Å². The summed E-state index contributed by atoms with van der Waals surface area (Å²) >= 11 is 0. The van der Waals surface area contributed by atoms with Gasteiger partial charge in [0.05, 0.1) is 13.2 Å². The first-order valence-electron chi connectivity index (χ1n) is 19.6. The van der Waals surface area contributed by atoms with Crippen molar-refractivity contribution in [1.29, 1.82) is 0 Å². The minimum atomic E-state index is -4.38. The highest BCUT2D eigenvalue weighted by Gasteiger charge is 2.25. The Labute approximate surface area is 305 Å². The van der Waals surface area contributed by atoms with Crippen LogP contribution >= 0.6 is 7.82 Å². The van der Waals surface area contributed by atoms with Gasteiger partial charge in [-0.1, -0.05) is 146 Å². The molecule has 0 amide bonds. The van der Waals surface area contributed by atoms with Crippen molar-refractivity contribution in [1.82, 2.24) is 0 Å². The van der Waals surface area contributed by atoms with E-state index in [9.17, 15) is 19.0 Å². The molecule has 0 aromatic heterocycles. The van der Waals surface area contributed by atoms with Gasteiger partial charge in [-0.15, -0.1) is 0 Å². The first-order valence-corrected chi connectivity index (χ1v) is 21.1. The molecule has 0 saturated carbocycles. The zero-order valence-corrected chi connectivity index (χ0v) is 32.5. The Kier molecular flexibility index (Phi) is 35.3. The molecule has 0 radical (unpaired) electrons. The molecule has 0 rings (SSSR count). The number of carbonyl (C=O) groups is 2. The third-order valence-corrected chi connectivity index (χ3v) is 8.95. The number of rotatable bonds is 36. The van der Waals surface area contributed by atoms with Gasteiger partial charge in [-0.25, -0.2) is 4.57 Å². The summed E-state index contributed by atoms with van der Waals surface area (Å²) in [6.45, 7) is 3.62. The topological polar surface area (TPSA) is 134 Å². The van der Waals surface area contributed by atoms with Crippen LogP contribution in [0, 0.1) is 0 Å². The van der Waals surface area contributed by atoms with Gasteiger partial charge < -0.3 is 20.1 Å². The van der Waals surface area contributed by atoms with Crippen LogP contribution in [0.3, 0.4) is 0 Å². The molecular weight excluding hydrogens is 653 g/mol. The molecule has 3 N–H and O–H groups in total. The predicted octanol–water partition coefficient (Wildman–Crippen LogP) is 10.8. The van der Waals surface area contributed by atoms with Crippen molar-refractivity contribution in [3.63, 3.8) is 0 Å². The van der Waals surface area contributed by atoms with Gasteiger partial charge in [0, 0.05) is 19.4 Å². The molecule has 2 atom stereocenters. The van der Waals surface area contributed by atoms with Crippen LogP contribution in [0.25, 0.3) is 0 Å². The van der Waals surface area contributed by atoms with Crippen molar-refractivity contribution in [3.05, 3.63) is 48.6 Å². The minimum Gasteiger partial charge on any atom is -0.462 e. The van der Waals surface area contributed by atoms with E-state index in [0.29, 0.717) is 12.8 Å². The van der Waals surface area contributed by atoms with Crippen LogP contribution in [0.5, 0.6) is 0 Å². The Balaban J connectivity index is 4.30. The van der Waals surface area contributed by atoms with E-state index in [1.165, 1.54) is 77.0 Å². The van der Waals surface area contributed by atoms with E-state index in [4.69, 9.17) is 24.3 Å². The van der Waals surface area contributed by atoms with Gasteiger partial charge in [-0.05, 0) is 51.4 Å². The number of carbonyl (C=O) groups excluding carboxylic acids is 2. The van der Waals surface area contributed by atoms with E-state index in [1.54, 1.807) is 0 Å². The molecule has 0 aromatic rings. The number of ether oxygens (including phenoxy) is 2. The molecule has 2 unspecified atom stereocenters. The Hall–Kier alpha value is -2.03. The lowest BCUT2D eigenvalue weighted by molar-refractivity contribution is -0.161. The molecular formula is C40H72NO8P. The number of esters is 2. The van der Waals surface area contributed by atoms with Crippen molar-refractivity contribution < 1.29 is 37.6 Å². The summed E-state index contributed by atoms with van der Waals surface area (Å²) in [5.74, 6) is -0.896. The van der Waals surface area contributed by atoms with Gasteiger partial charge in [0.1, 0.15) is 6.61 Å². The maximum Gasteiger partial charge on any atom is 0.472 e. The number of allylic oxidation sites excluding steroid dienone is 8. The first-order chi connectivity index (χ1) is 24.3. The molecule has 0 fully saturated rings. The fourth-order valence-corrected chi connectivity index (χ4v) is 5.80. The van der Waals surface area contributed by atoms with Crippen molar-refractivity contribution >= 4 is 19.8 Å². The van der Waals surface area contributed by atoms with Gasteiger partial charge in [-0.2, -0.15) is 0 Å². The monoisotopic (exact) mass is 725 g/mol. The Morgan fingerprint density at radius 3 is 1.60 bits per heavy atom.